The van der Waals surface area contributed by atoms with Gasteiger partial charge in [0, 0.05) is 119 Å². The molecule has 0 saturated carbocycles. The van der Waals surface area contributed by atoms with Crippen LogP contribution in [-0.4, -0.2) is 204 Å². The average molecular weight is 1460 g/mol. The van der Waals surface area contributed by atoms with Crippen LogP contribution in [-0.2, 0) is 44.8 Å². The number of aryl methyl sites for hydroxylation is 2. The number of alkyl halides is 2. The van der Waals surface area contributed by atoms with Gasteiger partial charge in [0.25, 0.3) is 0 Å². The number of aliphatic hydroxyl groups is 4. The zero-order chi connectivity index (χ0) is 72.1. The van der Waals surface area contributed by atoms with Gasteiger partial charge in [0.05, 0.1) is 27.4 Å². The first-order valence-corrected chi connectivity index (χ1v) is 35.6. The summed E-state index contributed by atoms with van der Waals surface area (Å²) < 4.78 is 24.9. The largest absolute Gasteiger partial charge is 0.460 e. The number of benzene rings is 3. The van der Waals surface area contributed by atoms with Crippen molar-refractivity contribution in [2.45, 2.75) is 153 Å². The number of rotatable bonds is 31. The average Bonchev–Trinajstić information content (AvgIpc) is 1.60. The lowest BCUT2D eigenvalue weighted by atomic mass is 9.97. The number of nitrogens with zero attached hydrogens (tertiary/aromatic N) is 4. The molecule has 2 aromatic heterocycles. The minimum atomic E-state index is -1.67. The van der Waals surface area contributed by atoms with Gasteiger partial charge in [0.1, 0.15) is 54.9 Å². The number of primary amides is 1. The molecule has 32 heteroatoms. The minimum Gasteiger partial charge on any atom is -0.460 e. The molecule has 0 spiro atoms. The molecule has 0 aliphatic carbocycles. The van der Waals surface area contributed by atoms with E-state index in [9.17, 15) is 63.6 Å². The lowest BCUT2D eigenvalue weighted by molar-refractivity contribution is -0.277. The highest BCUT2D eigenvalue weighted by atomic mass is 35.5. The normalized spacial score (nSPS) is 19.6. The molecule has 3 aromatic carbocycles. The maximum atomic E-state index is 14.4. The third kappa shape index (κ3) is 18.7. The van der Waals surface area contributed by atoms with E-state index >= 15 is 0 Å². The van der Waals surface area contributed by atoms with Gasteiger partial charge in [-0.3, -0.25) is 28.8 Å². The van der Waals surface area contributed by atoms with Crippen LogP contribution in [0.3, 0.4) is 0 Å². The van der Waals surface area contributed by atoms with E-state index in [1.807, 2.05) is 24.6 Å². The Labute approximate surface area is 591 Å². The molecule has 0 radical (unpaired) electrons. The molecular weight excluding hydrogens is 1370 g/mol. The molecule has 3 aliphatic heterocycles. The smallest absolute Gasteiger partial charge is 0.415 e. The number of aliphatic hydroxyl groups excluding tert-OH is 4. The molecule has 13 N–H and O–H groups in total. The molecule has 5 heterocycles. The van der Waals surface area contributed by atoms with Crippen LogP contribution in [0.1, 0.15) is 112 Å². The Morgan fingerprint density at radius 1 is 0.717 bits per heavy atom. The van der Waals surface area contributed by atoms with Gasteiger partial charge in [-0.2, -0.15) is 0 Å². The fourth-order valence-corrected chi connectivity index (χ4v) is 14.9. The van der Waals surface area contributed by atoms with E-state index in [0.717, 1.165) is 33.0 Å². The van der Waals surface area contributed by atoms with Crippen molar-refractivity contribution in [2.24, 2.45) is 17.4 Å². The number of carbonyl (C=O) groups excluding carboxylic acids is 9. The first-order valence-electron chi connectivity index (χ1n) is 32.8. The quantitative estimate of drug-likeness (QED) is 0.0194. The molecule has 99 heavy (non-hydrogen) atoms. The second kappa shape index (κ2) is 35.1. The van der Waals surface area contributed by atoms with Crippen molar-refractivity contribution in [1.29, 1.82) is 0 Å². The number of nitrogens with two attached hydrogens (primary N) is 2. The van der Waals surface area contributed by atoms with Crippen LogP contribution >= 0.6 is 45.9 Å². The number of unbranched alkanes of at least 4 members (excludes halogenated alkanes) is 1. The SMILES string of the molecule is CC(=O)N[C@@H](CCCCN)C(=O)N[C@H](C(=O)N[C@@H](CCCNC(N)=O)C(=O)Nc1ccc(COC(=O)N(C)CCN(C)C(=O)Oc2cc3c(c4c(C)csc24)[C@H](CCl)CN3C(=O)CCCC(=O)N2C[C@@H](CCl)c3c2cc(O[C@@H]2O[C@H](CO)[C@@H](O)[C@H](O)[C@H]2O)c2scc(C)c32)cc1)C(C)C. The Hall–Kier alpha value is -7.65. The van der Waals surface area contributed by atoms with Crippen LogP contribution in [0, 0.1) is 19.8 Å². The van der Waals surface area contributed by atoms with E-state index in [0.29, 0.717) is 57.8 Å². The standard InChI is InChI=1S/C67H89Cl2N11O17S2/c1-34(2)55(76-62(89)42(73-37(5)82)12-8-9-20-70)63(90)75-43(13-11-21-72-65(71)91)61(88)74-41-18-16-38(17-19-41)31-94-66(92)77(6)22-23-78(7)67(93)97-47-25-45-54(52-36(4)33-99-60(47)52)40(27-69)29-80(45)50(84)15-10-14-49(83)79-28-39(26-68)53-44(79)24-46(59-51(53)35(3)32-98-59)95-64-58(87)57(86)56(85)48(30-81)96-64/h16-19,24-25,32-34,39-40,42-43,48,55-58,64,81,85-87H,8-15,20-23,26-31,70H2,1-7H3,(H,73,82)(H,74,88)(H,75,90)(H,76,89)(H3,71,72,91)/t39-,40-,42+,43+,48-,55+,56-,57+,58-,64-/m1/s1. The number of anilines is 3. The molecule has 3 aliphatic rings. The number of hydrogen-bond donors (Lipinski definition) is 11. The second-order valence-electron chi connectivity index (χ2n) is 25.5. The van der Waals surface area contributed by atoms with Gasteiger partial charge in [-0.15, -0.1) is 45.9 Å². The Bertz CT molecular complexity index is 3750. The van der Waals surface area contributed by atoms with E-state index in [1.165, 1.54) is 53.5 Å². The van der Waals surface area contributed by atoms with E-state index in [-0.39, 0.29) is 118 Å². The van der Waals surface area contributed by atoms with Crippen LogP contribution < -0.4 is 57.3 Å². The Kier molecular flexibility index (Phi) is 27.3. The van der Waals surface area contributed by atoms with Crippen LogP contribution in [0.5, 0.6) is 11.5 Å². The maximum Gasteiger partial charge on any atom is 0.415 e. The molecule has 540 valence electrons. The highest BCUT2D eigenvalue weighted by molar-refractivity contribution is 7.18. The number of fused-ring (bicyclic) bond motifs is 6. The van der Waals surface area contributed by atoms with Crippen molar-refractivity contribution in [3.05, 3.63) is 75.0 Å². The highest BCUT2D eigenvalue weighted by Crippen LogP contribution is 2.51. The number of carbonyl (C=O) groups is 9. The summed E-state index contributed by atoms with van der Waals surface area (Å²) in [6.07, 6.45) is -7.10. The van der Waals surface area contributed by atoms with Crippen molar-refractivity contribution in [3.8, 4) is 11.5 Å². The highest BCUT2D eigenvalue weighted by Gasteiger charge is 2.46. The van der Waals surface area contributed by atoms with Gasteiger partial charge < -0.3 is 97.0 Å². The predicted octanol–water partition coefficient (Wildman–Crippen LogP) is 5.47. The summed E-state index contributed by atoms with van der Waals surface area (Å²) in [7, 11) is 3.02. The fraction of sp³-hybridized carbons (Fsp3) is 0.537. The van der Waals surface area contributed by atoms with Crippen molar-refractivity contribution < 1.29 is 82.5 Å². The number of nitrogens with one attached hydrogen (secondary N) is 5. The molecule has 0 unspecified atom stereocenters. The summed E-state index contributed by atoms with van der Waals surface area (Å²) in [6.45, 7) is 8.87. The lowest BCUT2D eigenvalue weighted by Gasteiger charge is -2.39. The summed E-state index contributed by atoms with van der Waals surface area (Å²) in [5.74, 6) is -2.86. The van der Waals surface area contributed by atoms with Crippen molar-refractivity contribution >= 4 is 137 Å². The fourth-order valence-electron chi connectivity index (χ4n) is 12.3. The summed E-state index contributed by atoms with van der Waals surface area (Å²) in [5, 5.41) is 60.4. The molecule has 10 atom stereocenters. The summed E-state index contributed by atoms with van der Waals surface area (Å²) in [4.78, 5) is 126. The Morgan fingerprint density at radius 3 is 1.82 bits per heavy atom. The maximum absolute atomic E-state index is 14.4. The number of amides is 10. The van der Waals surface area contributed by atoms with Gasteiger partial charge in [-0.1, -0.05) is 26.0 Å². The Balaban J connectivity index is 0.848. The van der Waals surface area contributed by atoms with Crippen molar-refractivity contribution in [3.63, 3.8) is 0 Å². The third-order valence-electron chi connectivity index (χ3n) is 17.7. The first kappa shape index (κ1) is 77.1. The van der Waals surface area contributed by atoms with Gasteiger partial charge >= 0.3 is 18.2 Å². The Morgan fingerprint density at radius 2 is 1.27 bits per heavy atom. The molecule has 1 fully saturated rings. The van der Waals surface area contributed by atoms with Gasteiger partial charge in [-0.05, 0) is 116 Å². The summed E-state index contributed by atoms with van der Waals surface area (Å²) in [5.41, 5.74) is 16.3. The molecule has 5 aromatic rings. The predicted molar refractivity (Wildman–Crippen MR) is 376 cm³/mol. The number of hydrogen-bond acceptors (Lipinski definition) is 20. The molecule has 0 bridgehead atoms. The molecule has 28 nitrogen and oxygen atoms in total. The van der Waals surface area contributed by atoms with E-state index in [1.54, 1.807) is 60.0 Å². The van der Waals surface area contributed by atoms with Gasteiger partial charge in [0.2, 0.25) is 41.7 Å². The summed E-state index contributed by atoms with van der Waals surface area (Å²) >= 11 is 16.0. The van der Waals surface area contributed by atoms with Crippen LogP contribution in [0.2, 0.25) is 0 Å². The van der Waals surface area contributed by atoms with Crippen molar-refractivity contribution in [2.75, 3.05) is 86.8 Å². The van der Waals surface area contributed by atoms with Crippen LogP contribution in [0.25, 0.3) is 20.2 Å². The molecular formula is C67H89Cl2N11O17S2. The molecule has 10 amide bonds. The number of likely N-dealkylation sites (N-methyl/N-ethyl adjacent to an activating group) is 2. The number of ether oxygens (including phenoxy) is 4. The van der Waals surface area contributed by atoms with Crippen LogP contribution in [0.15, 0.2) is 47.2 Å². The summed E-state index contributed by atoms with van der Waals surface area (Å²) in [6, 6.07) is 5.87. The van der Waals surface area contributed by atoms with E-state index in [4.69, 9.17) is 53.6 Å². The zero-order valence-electron chi connectivity index (χ0n) is 56.3. The lowest BCUT2D eigenvalue weighted by Crippen LogP contribution is -2.60. The molecule has 8 rings (SSSR count). The van der Waals surface area contributed by atoms with Gasteiger partial charge in [-0.25, -0.2) is 14.4 Å². The number of thiophene rings is 2. The third-order valence-corrected chi connectivity index (χ3v) is 20.7. The zero-order valence-corrected chi connectivity index (χ0v) is 59.5. The first-order chi connectivity index (χ1) is 47.2. The van der Waals surface area contributed by atoms with Gasteiger partial charge in [0.15, 0.2) is 5.75 Å². The monoisotopic (exact) mass is 1450 g/mol. The molecule has 1 saturated heterocycles. The number of urea groups is 1. The van der Waals surface area contributed by atoms with E-state index < -0.39 is 103 Å². The van der Waals surface area contributed by atoms with Crippen LogP contribution in [0.4, 0.5) is 31.4 Å². The van der Waals surface area contributed by atoms with Crippen molar-refractivity contribution in [1.82, 2.24) is 31.1 Å². The minimum absolute atomic E-state index is 0.0186. The second-order valence-corrected chi connectivity index (χ2v) is 27.8. The topological polar surface area (TPSA) is 397 Å². The number of halogens is 2. The van der Waals surface area contributed by atoms with E-state index in [2.05, 4.69) is 26.6 Å².